The van der Waals surface area contributed by atoms with Gasteiger partial charge in [-0.3, -0.25) is 0 Å². The molecule has 2 atom stereocenters. The highest BCUT2D eigenvalue weighted by Crippen LogP contribution is 2.38. The maximum Gasteiger partial charge on any atom is 0.279 e. The summed E-state index contributed by atoms with van der Waals surface area (Å²) < 4.78 is 33.2. The summed E-state index contributed by atoms with van der Waals surface area (Å²) >= 11 is 0. The van der Waals surface area contributed by atoms with Gasteiger partial charge in [-0.1, -0.05) is 5.16 Å². The monoisotopic (exact) mass is 271 g/mol. The van der Waals surface area contributed by atoms with Crippen LogP contribution < -0.4 is 4.72 Å². The molecule has 6 nitrogen and oxygen atoms in total. The number of aromatic nitrogens is 1. The molecule has 0 aromatic carbocycles. The van der Waals surface area contributed by atoms with Crippen LogP contribution in [0, 0.1) is 5.92 Å². The van der Waals surface area contributed by atoms with Gasteiger partial charge in [-0.15, -0.1) is 0 Å². The second-order valence-corrected chi connectivity index (χ2v) is 6.79. The molecule has 1 N–H and O–H groups in total. The summed E-state index contributed by atoms with van der Waals surface area (Å²) in [5, 5.41) is 3.58. The molecule has 2 fully saturated rings. The van der Waals surface area contributed by atoms with Crippen molar-refractivity contribution in [2.75, 3.05) is 13.1 Å². The van der Waals surface area contributed by atoms with Crippen LogP contribution in [0.1, 0.15) is 24.8 Å². The van der Waals surface area contributed by atoms with Gasteiger partial charge in [0.2, 0.25) is 0 Å². The van der Waals surface area contributed by atoms with Crippen molar-refractivity contribution in [3.05, 3.63) is 18.0 Å². The Morgan fingerprint density at radius 2 is 2.39 bits per heavy atom. The lowest BCUT2D eigenvalue weighted by Crippen LogP contribution is -2.45. The van der Waals surface area contributed by atoms with Crippen molar-refractivity contribution in [3.63, 3.8) is 0 Å². The fraction of sp³-hybridized carbons (Fsp3) is 0.727. The molecule has 2 unspecified atom stereocenters. The first-order valence-electron chi connectivity index (χ1n) is 6.30. The third kappa shape index (κ3) is 2.30. The molecule has 0 amide bonds. The number of hydrogen-bond donors (Lipinski definition) is 1. The zero-order valence-electron chi connectivity index (χ0n) is 10.1. The van der Waals surface area contributed by atoms with Gasteiger partial charge in [-0.05, 0) is 31.6 Å². The molecule has 2 bridgehead atoms. The van der Waals surface area contributed by atoms with E-state index in [0.29, 0.717) is 25.4 Å². The predicted octanol–water partition coefficient (Wildman–Crippen LogP) is 0.536. The Hall–Kier alpha value is -0.920. The first-order valence-corrected chi connectivity index (χ1v) is 7.74. The molecular formula is C11H17N3O3S. The summed E-state index contributed by atoms with van der Waals surface area (Å²) in [7, 11) is -3.31. The predicted molar refractivity (Wildman–Crippen MR) is 65.0 cm³/mol. The SMILES string of the molecule is O=S(=O)(NCCc1cnoc1)N1CC2CCC1C2. The first-order chi connectivity index (χ1) is 8.65. The molecule has 2 aliphatic rings. The van der Waals surface area contributed by atoms with E-state index in [4.69, 9.17) is 4.52 Å². The number of fused-ring (bicyclic) bond motifs is 2. The van der Waals surface area contributed by atoms with Crippen LogP contribution in [0.15, 0.2) is 17.0 Å². The summed E-state index contributed by atoms with van der Waals surface area (Å²) in [5.74, 6) is 0.574. The zero-order chi connectivity index (χ0) is 12.6. The lowest BCUT2D eigenvalue weighted by molar-refractivity contribution is 0.329. The normalized spacial score (nSPS) is 28.0. The van der Waals surface area contributed by atoms with Crippen LogP contribution in [0.2, 0.25) is 0 Å². The molecule has 18 heavy (non-hydrogen) atoms. The number of nitrogens with zero attached hydrogens (tertiary/aromatic N) is 2. The Balaban J connectivity index is 1.55. The van der Waals surface area contributed by atoms with E-state index in [1.165, 1.54) is 12.7 Å². The van der Waals surface area contributed by atoms with E-state index < -0.39 is 10.2 Å². The third-order valence-corrected chi connectivity index (χ3v) is 5.48. The molecule has 1 saturated heterocycles. The maximum atomic E-state index is 12.1. The van der Waals surface area contributed by atoms with Gasteiger partial charge in [0.1, 0.15) is 6.26 Å². The number of hydrogen-bond acceptors (Lipinski definition) is 4. The average Bonchev–Trinajstić information content (AvgIpc) is 3.05. The third-order valence-electron chi connectivity index (χ3n) is 3.85. The molecule has 0 radical (unpaired) electrons. The van der Waals surface area contributed by atoms with Gasteiger partial charge in [0, 0.05) is 24.7 Å². The lowest BCUT2D eigenvalue weighted by Gasteiger charge is -2.26. The smallest absolute Gasteiger partial charge is 0.279 e. The molecule has 1 aromatic heterocycles. The lowest BCUT2D eigenvalue weighted by atomic mass is 10.1. The van der Waals surface area contributed by atoms with Crippen LogP contribution in [0.25, 0.3) is 0 Å². The number of nitrogens with one attached hydrogen (secondary N) is 1. The van der Waals surface area contributed by atoms with E-state index in [1.54, 1.807) is 10.5 Å². The molecule has 1 aliphatic heterocycles. The summed E-state index contributed by atoms with van der Waals surface area (Å²) in [6.45, 7) is 1.07. The molecule has 1 saturated carbocycles. The molecule has 1 aromatic rings. The molecule has 0 spiro atoms. The largest absolute Gasteiger partial charge is 0.364 e. The van der Waals surface area contributed by atoms with Crippen molar-refractivity contribution in [2.45, 2.75) is 31.7 Å². The van der Waals surface area contributed by atoms with Crippen LogP contribution >= 0.6 is 0 Å². The van der Waals surface area contributed by atoms with Crippen molar-refractivity contribution in [1.82, 2.24) is 14.2 Å². The van der Waals surface area contributed by atoms with Crippen molar-refractivity contribution >= 4 is 10.2 Å². The molecule has 3 rings (SSSR count). The quantitative estimate of drug-likeness (QED) is 0.848. The van der Waals surface area contributed by atoms with Gasteiger partial charge in [-0.2, -0.15) is 12.7 Å². The highest BCUT2D eigenvalue weighted by molar-refractivity contribution is 7.87. The fourth-order valence-electron chi connectivity index (χ4n) is 2.93. The maximum absolute atomic E-state index is 12.1. The summed E-state index contributed by atoms with van der Waals surface area (Å²) in [6.07, 6.45) is 6.96. The van der Waals surface area contributed by atoms with Crippen molar-refractivity contribution in [1.29, 1.82) is 0 Å². The molecule has 2 heterocycles. The topological polar surface area (TPSA) is 75.4 Å². The van der Waals surface area contributed by atoms with Gasteiger partial charge in [0.05, 0.1) is 6.20 Å². The Morgan fingerprint density at radius 1 is 1.50 bits per heavy atom. The van der Waals surface area contributed by atoms with Crippen LogP contribution in [0.4, 0.5) is 0 Å². The highest BCUT2D eigenvalue weighted by Gasteiger charge is 2.43. The van der Waals surface area contributed by atoms with E-state index >= 15 is 0 Å². The molecule has 100 valence electrons. The molecule has 7 heteroatoms. The molecule has 1 aliphatic carbocycles. The second kappa shape index (κ2) is 4.64. The van der Waals surface area contributed by atoms with E-state index in [2.05, 4.69) is 9.88 Å². The second-order valence-electron chi connectivity index (χ2n) is 5.08. The van der Waals surface area contributed by atoms with Gasteiger partial charge < -0.3 is 4.52 Å². The van der Waals surface area contributed by atoms with Gasteiger partial charge in [0.15, 0.2) is 0 Å². The average molecular weight is 271 g/mol. The van der Waals surface area contributed by atoms with Crippen molar-refractivity contribution in [2.24, 2.45) is 5.92 Å². The Labute approximate surface area is 107 Å². The Kier molecular flexibility index (Phi) is 3.13. The van der Waals surface area contributed by atoms with Gasteiger partial charge in [-0.25, -0.2) is 4.72 Å². The minimum atomic E-state index is -3.31. The highest BCUT2D eigenvalue weighted by atomic mass is 32.2. The van der Waals surface area contributed by atoms with Gasteiger partial charge >= 0.3 is 0 Å². The van der Waals surface area contributed by atoms with Gasteiger partial charge in [0.25, 0.3) is 10.2 Å². The molecular weight excluding hydrogens is 254 g/mol. The van der Waals surface area contributed by atoms with E-state index in [-0.39, 0.29) is 6.04 Å². The minimum Gasteiger partial charge on any atom is -0.364 e. The van der Waals surface area contributed by atoms with Crippen LogP contribution in [0.3, 0.4) is 0 Å². The summed E-state index contributed by atoms with van der Waals surface area (Å²) in [5.41, 5.74) is 0.903. The summed E-state index contributed by atoms with van der Waals surface area (Å²) in [6, 6.07) is 0.225. The first kappa shape index (κ1) is 12.1. The number of piperidine rings is 1. The van der Waals surface area contributed by atoms with E-state index in [0.717, 1.165) is 18.4 Å². The van der Waals surface area contributed by atoms with Crippen molar-refractivity contribution in [3.8, 4) is 0 Å². The van der Waals surface area contributed by atoms with Crippen LogP contribution in [-0.4, -0.2) is 37.0 Å². The Bertz CT molecular complexity index is 500. The minimum absolute atomic E-state index is 0.225. The summed E-state index contributed by atoms with van der Waals surface area (Å²) in [4.78, 5) is 0. The fourth-order valence-corrected chi connectivity index (χ4v) is 4.45. The van der Waals surface area contributed by atoms with Crippen LogP contribution in [-0.2, 0) is 16.6 Å². The van der Waals surface area contributed by atoms with Crippen LogP contribution in [0.5, 0.6) is 0 Å². The van der Waals surface area contributed by atoms with E-state index in [1.807, 2.05) is 0 Å². The Morgan fingerprint density at radius 3 is 3.00 bits per heavy atom. The standard InChI is InChI=1S/C11H17N3O3S/c15-18(16,13-4-3-10-6-12-17-8-10)14-7-9-1-2-11(14)5-9/h6,8-9,11,13H,1-5,7H2. The van der Waals surface area contributed by atoms with Crippen molar-refractivity contribution < 1.29 is 12.9 Å². The number of rotatable bonds is 5. The van der Waals surface area contributed by atoms with E-state index in [9.17, 15) is 8.42 Å². The zero-order valence-corrected chi connectivity index (χ0v) is 10.9.